The quantitative estimate of drug-likeness (QED) is 0.833. The van der Waals surface area contributed by atoms with Gasteiger partial charge in [-0.3, -0.25) is 4.72 Å². The van der Waals surface area contributed by atoms with Crippen molar-refractivity contribution < 1.29 is 18.3 Å². The number of rotatable bonds is 5. The van der Waals surface area contributed by atoms with Crippen LogP contribution in [0.5, 0.6) is 11.5 Å². The average Bonchev–Trinajstić information content (AvgIpc) is 2.49. The van der Waals surface area contributed by atoms with Crippen molar-refractivity contribution in [3.05, 3.63) is 48.0 Å². The van der Waals surface area contributed by atoms with Gasteiger partial charge in [-0.2, -0.15) is 0 Å². The van der Waals surface area contributed by atoms with Crippen molar-refractivity contribution >= 4 is 15.7 Å². The van der Waals surface area contributed by atoms with E-state index < -0.39 is 10.0 Å². The van der Waals surface area contributed by atoms with E-state index in [-0.39, 0.29) is 16.3 Å². The van der Waals surface area contributed by atoms with Crippen LogP contribution in [0, 0.1) is 0 Å². The van der Waals surface area contributed by atoms with Crippen molar-refractivity contribution in [1.82, 2.24) is 0 Å². The van der Waals surface area contributed by atoms with Crippen LogP contribution in [0.3, 0.4) is 0 Å². The van der Waals surface area contributed by atoms with E-state index in [2.05, 4.69) is 4.72 Å². The van der Waals surface area contributed by atoms with Crippen LogP contribution in [-0.2, 0) is 16.4 Å². The third kappa shape index (κ3) is 3.46. The summed E-state index contributed by atoms with van der Waals surface area (Å²) >= 11 is 0. The van der Waals surface area contributed by atoms with Crippen molar-refractivity contribution in [1.29, 1.82) is 0 Å². The molecule has 0 amide bonds. The van der Waals surface area contributed by atoms with E-state index in [4.69, 9.17) is 4.74 Å². The zero-order valence-corrected chi connectivity index (χ0v) is 12.6. The Morgan fingerprint density at radius 1 is 1.14 bits per heavy atom. The number of nitrogens with one attached hydrogen (secondary N) is 1. The number of anilines is 1. The van der Waals surface area contributed by atoms with E-state index in [1.165, 1.54) is 25.3 Å². The molecule has 0 radical (unpaired) electrons. The summed E-state index contributed by atoms with van der Waals surface area (Å²) in [5.74, 6) is 0.467. The fraction of sp³-hybridized carbons (Fsp3) is 0.200. The maximum absolute atomic E-state index is 12.3. The molecule has 0 atom stereocenters. The lowest BCUT2D eigenvalue weighted by atomic mass is 10.1. The van der Waals surface area contributed by atoms with Crippen LogP contribution in [-0.4, -0.2) is 20.6 Å². The molecule has 0 aliphatic carbocycles. The van der Waals surface area contributed by atoms with Gasteiger partial charge in [-0.25, -0.2) is 8.42 Å². The van der Waals surface area contributed by atoms with Gasteiger partial charge >= 0.3 is 0 Å². The molecular weight excluding hydrogens is 290 g/mol. The van der Waals surface area contributed by atoms with E-state index in [0.29, 0.717) is 5.75 Å². The Bertz CT molecular complexity index is 724. The van der Waals surface area contributed by atoms with Crippen LogP contribution >= 0.6 is 0 Å². The van der Waals surface area contributed by atoms with Gasteiger partial charge in [-0.15, -0.1) is 0 Å². The molecule has 2 N–H and O–H groups in total. The first-order valence-corrected chi connectivity index (χ1v) is 7.93. The summed E-state index contributed by atoms with van der Waals surface area (Å²) in [4.78, 5) is 0.101. The van der Waals surface area contributed by atoms with E-state index in [1.807, 2.05) is 6.92 Å². The third-order valence-electron chi connectivity index (χ3n) is 3.08. The predicted molar refractivity (Wildman–Crippen MR) is 81.3 cm³/mol. The van der Waals surface area contributed by atoms with Crippen molar-refractivity contribution in [2.75, 3.05) is 11.8 Å². The molecule has 0 unspecified atom stereocenters. The molecule has 0 fully saturated rings. The smallest absolute Gasteiger partial charge is 0.262 e. The molecule has 0 saturated carbocycles. The van der Waals surface area contributed by atoms with Gasteiger partial charge in [-0.1, -0.05) is 13.0 Å². The number of phenols is 1. The lowest BCUT2D eigenvalue weighted by molar-refractivity contribution is 0.414. The third-order valence-corrected chi connectivity index (χ3v) is 4.46. The molecule has 5 nitrogen and oxygen atoms in total. The monoisotopic (exact) mass is 307 g/mol. The molecule has 21 heavy (non-hydrogen) atoms. The fourth-order valence-corrected chi connectivity index (χ4v) is 2.91. The van der Waals surface area contributed by atoms with Crippen molar-refractivity contribution in [3.8, 4) is 11.5 Å². The number of aromatic hydroxyl groups is 1. The maximum Gasteiger partial charge on any atom is 0.262 e. The summed E-state index contributed by atoms with van der Waals surface area (Å²) in [6.45, 7) is 1.95. The van der Waals surface area contributed by atoms with Crippen LogP contribution < -0.4 is 9.46 Å². The highest BCUT2D eigenvalue weighted by molar-refractivity contribution is 7.92. The van der Waals surface area contributed by atoms with Crippen LogP contribution in [0.25, 0.3) is 0 Å². The second kappa shape index (κ2) is 6.05. The van der Waals surface area contributed by atoms with Gasteiger partial charge in [0.05, 0.1) is 17.7 Å². The van der Waals surface area contributed by atoms with Gasteiger partial charge in [0.1, 0.15) is 11.5 Å². The lowest BCUT2D eigenvalue weighted by Gasteiger charge is -2.11. The number of ether oxygens (including phenoxy) is 1. The minimum atomic E-state index is -3.75. The second-order valence-electron chi connectivity index (χ2n) is 4.49. The minimum absolute atomic E-state index is 0.101. The zero-order valence-electron chi connectivity index (χ0n) is 11.8. The molecule has 0 heterocycles. The molecule has 0 spiro atoms. The largest absolute Gasteiger partial charge is 0.506 e. The summed E-state index contributed by atoms with van der Waals surface area (Å²) in [5, 5.41) is 9.78. The highest BCUT2D eigenvalue weighted by Gasteiger charge is 2.16. The molecule has 2 aromatic carbocycles. The molecule has 6 heteroatoms. The molecular formula is C15H17NO4S. The molecule has 2 rings (SSSR count). The first-order chi connectivity index (χ1) is 9.96. The number of hydrogen-bond acceptors (Lipinski definition) is 4. The van der Waals surface area contributed by atoms with E-state index in [0.717, 1.165) is 12.0 Å². The SMILES string of the molecule is CCc1ccc(O)c(NS(=O)(=O)c2ccc(OC)cc2)c1. The van der Waals surface area contributed by atoms with Gasteiger partial charge in [-0.05, 0) is 48.4 Å². The molecule has 0 aliphatic heterocycles. The summed E-state index contributed by atoms with van der Waals surface area (Å²) in [6, 6.07) is 10.9. The van der Waals surface area contributed by atoms with E-state index in [9.17, 15) is 13.5 Å². The van der Waals surface area contributed by atoms with Crippen LogP contribution in [0.2, 0.25) is 0 Å². The number of benzene rings is 2. The average molecular weight is 307 g/mol. The Kier molecular flexibility index (Phi) is 4.37. The molecule has 0 aromatic heterocycles. The Morgan fingerprint density at radius 2 is 1.81 bits per heavy atom. The zero-order chi connectivity index (χ0) is 15.5. The van der Waals surface area contributed by atoms with Crippen molar-refractivity contribution in [2.45, 2.75) is 18.2 Å². The number of methoxy groups -OCH3 is 1. The summed E-state index contributed by atoms with van der Waals surface area (Å²) in [7, 11) is -2.24. The first kappa shape index (κ1) is 15.2. The first-order valence-electron chi connectivity index (χ1n) is 6.45. The van der Waals surface area contributed by atoms with E-state index in [1.54, 1.807) is 24.3 Å². The Balaban J connectivity index is 2.32. The molecule has 2 aromatic rings. The van der Waals surface area contributed by atoms with E-state index >= 15 is 0 Å². The second-order valence-corrected chi connectivity index (χ2v) is 6.17. The summed E-state index contributed by atoms with van der Waals surface area (Å²) < 4.78 is 32.0. The molecule has 0 saturated heterocycles. The van der Waals surface area contributed by atoms with Gasteiger partial charge in [0.2, 0.25) is 0 Å². The highest BCUT2D eigenvalue weighted by atomic mass is 32.2. The highest BCUT2D eigenvalue weighted by Crippen LogP contribution is 2.27. The van der Waals surface area contributed by atoms with Crippen LogP contribution in [0.15, 0.2) is 47.4 Å². The molecule has 112 valence electrons. The molecule has 0 aliphatic rings. The number of phenolic OH excluding ortho intramolecular Hbond substituents is 1. The van der Waals surface area contributed by atoms with Crippen LogP contribution in [0.4, 0.5) is 5.69 Å². The normalized spacial score (nSPS) is 11.1. The van der Waals surface area contributed by atoms with Crippen molar-refractivity contribution in [2.24, 2.45) is 0 Å². The van der Waals surface area contributed by atoms with Gasteiger partial charge in [0.15, 0.2) is 0 Å². The number of hydrogen-bond donors (Lipinski definition) is 2. The number of sulfonamides is 1. The standard InChI is InChI=1S/C15H17NO4S/c1-3-11-4-9-15(17)14(10-11)16-21(18,19)13-7-5-12(20-2)6-8-13/h4-10,16-17H,3H2,1-2H3. The Hall–Kier alpha value is -2.21. The molecule has 0 bridgehead atoms. The predicted octanol–water partition coefficient (Wildman–Crippen LogP) is 2.76. The Labute approximate surface area is 124 Å². The number of aryl methyl sites for hydroxylation is 1. The van der Waals surface area contributed by atoms with Gasteiger partial charge in [0, 0.05) is 0 Å². The minimum Gasteiger partial charge on any atom is -0.506 e. The maximum atomic E-state index is 12.3. The van der Waals surface area contributed by atoms with Gasteiger partial charge < -0.3 is 9.84 Å². The van der Waals surface area contributed by atoms with Gasteiger partial charge in [0.25, 0.3) is 10.0 Å². The van der Waals surface area contributed by atoms with Crippen LogP contribution in [0.1, 0.15) is 12.5 Å². The summed E-state index contributed by atoms with van der Waals surface area (Å²) in [5.41, 5.74) is 1.10. The summed E-state index contributed by atoms with van der Waals surface area (Å²) in [6.07, 6.45) is 0.748. The topological polar surface area (TPSA) is 75.6 Å². The lowest BCUT2D eigenvalue weighted by Crippen LogP contribution is -2.13. The van der Waals surface area contributed by atoms with Crippen molar-refractivity contribution in [3.63, 3.8) is 0 Å². The Morgan fingerprint density at radius 3 is 2.38 bits per heavy atom. The fourth-order valence-electron chi connectivity index (χ4n) is 1.84.